The molecule has 0 aliphatic carbocycles. The minimum absolute atomic E-state index is 0.0446. The zero-order valence-electron chi connectivity index (χ0n) is 13.3. The summed E-state index contributed by atoms with van der Waals surface area (Å²) in [6.45, 7) is 6.03. The molecule has 1 aromatic rings. The summed E-state index contributed by atoms with van der Waals surface area (Å²) in [5, 5.41) is 5.07. The van der Waals surface area contributed by atoms with Crippen LogP contribution in [-0.4, -0.2) is 26.7 Å². The highest BCUT2D eigenvalue weighted by molar-refractivity contribution is 7.90. The number of anilines is 1. The molecule has 0 fully saturated rings. The lowest BCUT2D eigenvalue weighted by atomic mass is 10.0. The van der Waals surface area contributed by atoms with Crippen molar-refractivity contribution in [3.05, 3.63) is 24.0 Å². The van der Waals surface area contributed by atoms with Crippen molar-refractivity contribution in [3.63, 3.8) is 0 Å². The lowest BCUT2D eigenvalue weighted by molar-refractivity contribution is 0.247. The third kappa shape index (κ3) is 5.63. The van der Waals surface area contributed by atoms with Crippen LogP contribution in [0.2, 0.25) is 0 Å². The van der Waals surface area contributed by atoms with Gasteiger partial charge in [-0.3, -0.25) is 0 Å². The SMILES string of the molecule is CC[C@@H](C)C[C@H](C)NC(=O)Nc1cc(S(C)(=O)=O)ccc1F. The van der Waals surface area contributed by atoms with Crippen LogP contribution < -0.4 is 10.6 Å². The fourth-order valence-electron chi connectivity index (χ4n) is 2.04. The summed E-state index contributed by atoms with van der Waals surface area (Å²) in [4.78, 5) is 11.8. The molecule has 22 heavy (non-hydrogen) atoms. The Labute approximate surface area is 131 Å². The molecule has 0 aromatic heterocycles. The van der Waals surface area contributed by atoms with E-state index in [9.17, 15) is 17.6 Å². The van der Waals surface area contributed by atoms with E-state index in [0.29, 0.717) is 5.92 Å². The van der Waals surface area contributed by atoms with Gasteiger partial charge in [-0.15, -0.1) is 0 Å². The van der Waals surface area contributed by atoms with E-state index in [2.05, 4.69) is 24.5 Å². The number of sulfone groups is 1. The van der Waals surface area contributed by atoms with Gasteiger partial charge in [-0.2, -0.15) is 0 Å². The van der Waals surface area contributed by atoms with Gasteiger partial charge in [0.2, 0.25) is 0 Å². The zero-order chi connectivity index (χ0) is 16.9. The number of amides is 2. The van der Waals surface area contributed by atoms with Crippen molar-refractivity contribution in [2.24, 2.45) is 5.92 Å². The van der Waals surface area contributed by atoms with Crippen molar-refractivity contribution in [3.8, 4) is 0 Å². The number of nitrogens with one attached hydrogen (secondary N) is 2. The van der Waals surface area contributed by atoms with Crippen molar-refractivity contribution in [2.45, 2.75) is 44.6 Å². The maximum absolute atomic E-state index is 13.7. The average Bonchev–Trinajstić information content (AvgIpc) is 2.39. The maximum atomic E-state index is 13.7. The lowest BCUT2D eigenvalue weighted by Crippen LogP contribution is -2.37. The molecule has 0 spiro atoms. The Morgan fingerprint density at radius 3 is 2.50 bits per heavy atom. The van der Waals surface area contributed by atoms with Crippen LogP contribution in [0.1, 0.15) is 33.6 Å². The predicted molar refractivity (Wildman–Crippen MR) is 85.2 cm³/mol. The van der Waals surface area contributed by atoms with Crippen LogP contribution in [-0.2, 0) is 9.84 Å². The second kappa shape index (κ2) is 7.58. The van der Waals surface area contributed by atoms with Gasteiger partial charge in [0.15, 0.2) is 9.84 Å². The number of carbonyl (C=O) groups is 1. The molecule has 124 valence electrons. The van der Waals surface area contributed by atoms with Crippen LogP contribution in [0, 0.1) is 11.7 Å². The summed E-state index contributed by atoms with van der Waals surface area (Å²) in [6, 6.07) is 2.69. The molecule has 2 atom stereocenters. The van der Waals surface area contributed by atoms with Gasteiger partial charge < -0.3 is 10.6 Å². The Hall–Kier alpha value is -1.63. The van der Waals surface area contributed by atoms with E-state index in [1.54, 1.807) is 0 Å². The first-order valence-electron chi connectivity index (χ1n) is 7.20. The van der Waals surface area contributed by atoms with E-state index >= 15 is 0 Å². The molecule has 0 saturated carbocycles. The Morgan fingerprint density at radius 1 is 1.32 bits per heavy atom. The molecule has 2 amide bonds. The quantitative estimate of drug-likeness (QED) is 0.787. The number of hydrogen-bond donors (Lipinski definition) is 2. The van der Waals surface area contributed by atoms with Crippen LogP contribution in [0.5, 0.6) is 0 Å². The molecule has 1 aromatic carbocycles. The summed E-state index contributed by atoms with van der Waals surface area (Å²) in [6.07, 6.45) is 2.85. The highest BCUT2D eigenvalue weighted by atomic mass is 32.2. The van der Waals surface area contributed by atoms with E-state index in [-0.39, 0.29) is 16.6 Å². The number of rotatable bonds is 6. The number of benzene rings is 1. The van der Waals surface area contributed by atoms with Gasteiger partial charge in [-0.05, 0) is 37.5 Å². The standard InChI is InChI=1S/C15H23FN2O3S/c1-5-10(2)8-11(3)17-15(19)18-14-9-12(22(4,20)21)6-7-13(14)16/h6-7,9-11H,5,8H2,1-4H3,(H2,17,18,19)/t10-,11+/m1/s1. The smallest absolute Gasteiger partial charge is 0.319 e. The van der Waals surface area contributed by atoms with Gasteiger partial charge in [-0.25, -0.2) is 17.6 Å². The molecule has 0 aliphatic rings. The minimum Gasteiger partial charge on any atom is -0.335 e. The van der Waals surface area contributed by atoms with E-state index < -0.39 is 21.7 Å². The fourth-order valence-corrected chi connectivity index (χ4v) is 2.69. The average molecular weight is 330 g/mol. The van der Waals surface area contributed by atoms with Crippen molar-refractivity contribution in [1.82, 2.24) is 5.32 Å². The minimum atomic E-state index is -3.46. The molecule has 0 radical (unpaired) electrons. The predicted octanol–water partition coefficient (Wildman–Crippen LogP) is 3.18. The molecule has 0 bridgehead atoms. The van der Waals surface area contributed by atoms with Gasteiger partial charge in [0.25, 0.3) is 0 Å². The van der Waals surface area contributed by atoms with Crippen LogP contribution in [0.15, 0.2) is 23.1 Å². The number of halogens is 1. The molecule has 7 heteroatoms. The number of urea groups is 1. The third-order valence-electron chi connectivity index (χ3n) is 3.44. The summed E-state index contributed by atoms with van der Waals surface area (Å²) in [5.74, 6) is -0.210. The number of carbonyl (C=O) groups excluding carboxylic acids is 1. The molecule has 5 nitrogen and oxygen atoms in total. The van der Waals surface area contributed by atoms with Crippen LogP contribution in [0.25, 0.3) is 0 Å². The molecule has 0 heterocycles. The first-order valence-corrected chi connectivity index (χ1v) is 9.09. The molecule has 1 rings (SSSR count). The topological polar surface area (TPSA) is 75.3 Å². The Kier molecular flexibility index (Phi) is 6.34. The van der Waals surface area contributed by atoms with Crippen LogP contribution in [0.3, 0.4) is 0 Å². The Morgan fingerprint density at radius 2 is 1.95 bits per heavy atom. The monoisotopic (exact) mass is 330 g/mol. The van der Waals surface area contributed by atoms with Gasteiger partial charge >= 0.3 is 6.03 Å². The largest absolute Gasteiger partial charge is 0.335 e. The van der Waals surface area contributed by atoms with Gasteiger partial charge in [0.05, 0.1) is 10.6 Å². The van der Waals surface area contributed by atoms with Gasteiger partial charge in [0.1, 0.15) is 5.82 Å². The highest BCUT2D eigenvalue weighted by Crippen LogP contribution is 2.19. The Balaban J connectivity index is 2.76. The van der Waals surface area contributed by atoms with Crippen LogP contribution >= 0.6 is 0 Å². The fraction of sp³-hybridized carbons (Fsp3) is 0.533. The third-order valence-corrected chi connectivity index (χ3v) is 4.55. The van der Waals surface area contributed by atoms with E-state index in [1.807, 2.05) is 6.92 Å². The van der Waals surface area contributed by atoms with E-state index in [1.165, 1.54) is 6.07 Å². The van der Waals surface area contributed by atoms with E-state index in [0.717, 1.165) is 31.2 Å². The highest BCUT2D eigenvalue weighted by Gasteiger charge is 2.15. The first-order chi connectivity index (χ1) is 10.1. The zero-order valence-corrected chi connectivity index (χ0v) is 14.1. The van der Waals surface area contributed by atoms with Crippen molar-refractivity contribution < 1.29 is 17.6 Å². The number of hydrogen-bond acceptors (Lipinski definition) is 3. The molecule has 0 aliphatic heterocycles. The summed E-state index contributed by atoms with van der Waals surface area (Å²) in [5.41, 5.74) is -0.156. The maximum Gasteiger partial charge on any atom is 0.319 e. The second-order valence-corrected chi connectivity index (χ2v) is 7.68. The molecular formula is C15H23FN2O3S. The first kappa shape index (κ1) is 18.4. The molecule has 2 N–H and O–H groups in total. The molecule has 0 unspecified atom stereocenters. The van der Waals surface area contributed by atoms with Gasteiger partial charge in [-0.1, -0.05) is 20.3 Å². The second-order valence-electron chi connectivity index (χ2n) is 5.66. The molecular weight excluding hydrogens is 307 g/mol. The normalized spacial score (nSPS) is 14.2. The van der Waals surface area contributed by atoms with Crippen LogP contribution in [0.4, 0.5) is 14.9 Å². The van der Waals surface area contributed by atoms with Crippen molar-refractivity contribution in [1.29, 1.82) is 0 Å². The molecule has 0 saturated heterocycles. The lowest BCUT2D eigenvalue weighted by Gasteiger charge is -2.18. The Bertz CT molecular complexity index is 632. The van der Waals surface area contributed by atoms with Gasteiger partial charge in [0, 0.05) is 12.3 Å². The van der Waals surface area contributed by atoms with Crippen molar-refractivity contribution >= 4 is 21.6 Å². The summed E-state index contributed by atoms with van der Waals surface area (Å²) < 4.78 is 36.6. The van der Waals surface area contributed by atoms with Crippen molar-refractivity contribution in [2.75, 3.05) is 11.6 Å². The summed E-state index contributed by atoms with van der Waals surface area (Å²) >= 11 is 0. The van der Waals surface area contributed by atoms with E-state index in [4.69, 9.17) is 0 Å². The summed E-state index contributed by atoms with van der Waals surface area (Å²) in [7, 11) is -3.46.